The largest absolute Gasteiger partial charge is 0.507 e. The maximum atomic E-state index is 12.6. The molecule has 1 amide bonds. The first kappa shape index (κ1) is 14.5. The highest BCUT2D eigenvalue weighted by Gasteiger charge is 2.41. The van der Waals surface area contributed by atoms with Crippen LogP contribution < -0.4 is 5.73 Å². The fourth-order valence-corrected chi connectivity index (χ4v) is 3.13. The second kappa shape index (κ2) is 5.06. The minimum atomic E-state index is -0.627. The van der Waals surface area contributed by atoms with Crippen molar-refractivity contribution in [2.75, 3.05) is 0 Å². The highest BCUT2D eigenvalue weighted by atomic mass is 16.5. The zero-order valence-electron chi connectivity index (χ0n) is 12.0. The lowest BCUT2D eigenvalue weighted by Crippen LogP contribution is -2.38. The number of benzene rings is 1. The number of carbonyl (C=O) groups excluding carboxylic acids is 3. The molecule has 0 radical (unpaired) electrons. The van der Waals surface area contributed by atoms with E-state index in [1.165, 1.54) is 18.2 Å². The molecule has 1 heterocycles. The summed E-state index contributed by atoms with van der Waals surface area (Å²) in [4.78, 5) is 36.3. The zero-order chi connectivity index (χ0) is 16.0. The molecule has 0 saturated carbocycles. The fraction of sp³-hybridized carbons (Fsp3) is 0.312. The summed E-state index contributed by atoms with van der Waals surface area (Å²) in [5.74, 6) is -1.43. The first-order valence-electron chi connectivity index (χ1n) is 6.98. The van der Waals surface area contributed by atoms with Gasteiger partial charge in [0.1, 0.15) is 5.75 Å². The second-order valence-electron chi connectivity index (χ2n) is 5.53. The molecule has 0 fully saturated rings. The number of rotatable bonds is 2. The summed E-state index contributed by atoms with van der Waals surface area (Å²) < 4.78 is 5.63. The number of phenolic OH excluding ortho intramolecular Hbond substituents is 1. The Hall–Kier alpha value is -2.47. The van der Waals surface area contributed by atoms with Crippen LogP contribution in [0.15, 0.2) is 29.3 Å². The number of phenols is 1. The summed E-state index contributed by atoms with van der Waals surface area (Å²) in [6.45, 7) is 1.65. The Morgan fingerprint density at radius 2 is 2.09 bits per heavy atom. The molecule has 0 aromatic heterocycles. The van der Waals surface area contributed by atoms with Crippen LogP contribution in [0.2, 0.25) is 0 Å². The number of carbonyl (C=O) groups is 3. The molecule has 6 nitrogen and oxygen atoms in total. The average Bonchev–Trinajstić information content (AvgIpc) is 2.43. The van der Waals surface area contributed by atoms with Crippen LogP contribution in [-0.4, -0.2) is 34.8 Å². The number of ketones is 2. The van der Waals surface area contributed by atoms with E-state index in [0.29, 0.717) is 5.57 Å². The standard InChI is InChI=1S/C16H15NO5/c1-7-13-10(5-8(22-7)6-12(17)19)15(20)9-3-2-4-11(18)14(9)16(13)21/h2-4,7-8,18H,5-6H2,1H3,(H2,17,19)/t7-,8+/m0/s1. The molecule has 6 heteroatoms. The molecule has 2 aliphatic rings. The number of ether oxygens (including phenoxy) is 1. The van der Waals surface area contributed by atoms with Gasteiger partial charge in [-0.05, 0) is 13.0 Å². The number of Topliss-reactive ketones (excluding diaryl/α,β-unsaturated/α-hetero) is 2. The van der Waals surface area contributed by atoms with Gasteiger partial charge in [0.25, 0.3) is 0 Å². The number of amides is 1. The van der Waals surface area contributed by atoms with E-state index in [-0.39, 0.29) is 41.1 Å². The van der Waals surface area contributed by atoms with Gasteiger partial charge >= 0.3 is 0 Å². The third kappa shape index (κ3) is 2.12. The van der Waals surface area contributed by atoms with Crippen LogP contribution in [0.5, 0.6) is 5.75 Å². The molecular weight excluding hydrogens is 286 g/mol. The van der Waals surface area contributed by atoms with Crippen molar-refractivity contribution in [2.24, 2.45) is 5.73 Å². The first-order valence-corrected chi connectivity index (χ1v) is 6.98. The summed E-state index contributed by atoms with van der Waals surface area (Å²) in [5, 5.41) is 9.89. The van der Waals surface area contributed by atoms with Crippen molar-refractivity contribution in [3.05, 3.63) is 40.5 Å². The average molecular weight is 301 g/mol. The third-order valence-electron chi connectivity index (χ3n) is 4.02. The fourth-order valence-electron chi connectivity index (χ4n) is 3.13. The van der Waals surface area contributed by atoms with E-state index in [0.717, 1.165) is 0 Å². The van der Waals surface area contributed by atoms with E-state index >= 15 is 0 Å². The van der Waals surface area contributed by atoms with E-state index in [1.807, 2.05) is 0 Å². The minimum Gasteiger partial charge on any atom is -0.507 e. The molecule has 114 valence electrons. The summed E-state index contributed by atoms with van der Waals surface area (Å²) in [5.41, 5.74) is 6.01. The summed E-state index contributed by atoms with van der Waals surface area (Å²) in [6, 6.07) is 4.41. The lowest BCUT2D eigenvalue weighted by molar-refractivity contribution is -0.121. The molecule has 1 aliphatic carbocycles. The Balaban J connectivity index is 2.08. The van der Waals surface area contributed by atoms with Gasteiger partial charge in [-0.25, -0.2) is 0 Å². The number of aromatic hydroxyl groups is 1. The Morgan fingerprint density at radius 1 is 1.36 bits per heavy atom. The number of hydrogen-bond donors (Lipinski definition) is 2. The first-order chi connectivity index (χ1) is 10.4. The van der Waals surface area contributed by atoms with Crippen LogP contribution in [-0.2, 0) is 9.53 Å². The Bertz CT molecular complexity index is 734. The van der Waals surface area contributed by atoms with E-state index in [1.54, 1.807) is 6.92 Å². The van der Waals surface area contributed by atoms with Crippen LogP contribution >= 0.6 is 0 Å². The maximum absolute atomic E-state index is 12.6. The second-order valence-corrected chi connectivity index (χ2v) is 5.53. The van der Waals surface area contributed by atoms with Gasteiger partial charge in [0.2, 0.25) is 5.91 Å². The molecule has 2 atom stereocenters. The molecule has 1 aromatic carbocycles. The van der Waals surface area contributed by atoms with E-state index in [2.05, 4.69) is 0 Å². The van der Waals surface area contributed by atoms with Gasteiger partial charge < -0.3 is 15.6 Å². The summed E-state index contributed by atoms with van der Waals surface area (Å²) >= 11 is 0. The lowest BCUT2D eigenvalue weighted by atomic mass is 9.78. The highest BCUT2D eigenvalue weighted by Crippen LogP contribution is 2.38. The van der Waals surface area contributed by atoms with Crippen LogP contribution in [0.25, 0.3) is 0 Å². The van der Waals surface area contributed by atoms with Gasteiger partial charge in [0.05, 0.1) is 24.2 Å². The molecule has 0 spiro atoms. The zero-order valence-corrected chi connectivity index (χ0v) is 12.0. The molecule has 1 aliphatic heterocycles. The summed E-state index contributed by atoms with van der Waals surface area (Å²) in [6.07, 6.45) is -0.975. The van der Waals surface area contributed by atoms with Crippen molar-refractivity contribution >= 4 is 17.5 Å². The molecule has 0 unspecified atom stereocenters. The van der Waals surface area contributed by atoms with Crippen LogP contribution in [0.1, 0.15) is 40.5 Å². The van der Waals surface area contributed by atoms with Gasteiger partial charge in [-0.15, -0.1) is 0 Å². The van der Waals surface area contributed by atoms with Crippen molar-refractivity contribution in [3.63, 3.8) is 0 Å². The molecule has 0 bridgehead atoms. The van der Waals surface area contributed by atoms with Gasteiger partial charge in [-0.3, -0.25) is 14.4 Å². The third-order valence-corrected chi connectivity index (χ3v) is 4.02. The van der Waals surface area contributed by atoms with Crippen molar-refractivity contribution in [1.82, 2.24) is 0 Å². The van der Waals surface area contributed by atoms with Crippen molar-refractivity contribution in [1.29, 1.82) is 0 Å². The monoisotopic (exact) mass is 301 g/mol. The lowest BCUT2D eigenvalue weighted by Gasteiger charge is -2.33. The van der Waals surface area contributed by atoms with Crippen molar-refractivity contribution < 1.29 is 24.2 Å². The van der Waals surface area contributed by atoms with Crippen LogP contribution in [0, 0.1) is 0 Å². The number of hydrogen-bond acceptors (Lipinski definition) is 5. The smallest absolute Gasteiger partial charge is 0.220 e. The minimum absolute atomic E-state index is 0.00448. The predicted octanol–water partition coefficient (Wildman–Crippen LogP) is 1.12. The number of nitrogens with two attached hydrogens (primary N) is 1. The van der Waals surface area contributed by atoms with Gasteiger partial charge in [0.15, 0.2) is 11.6 Å². The van der Waals surface area contributed by atoms with E-state index in [9.17, 15) is 19.5 Å². The maximum Gasteiger partial charge on any atom is 0.220 e. The number of primary amides is 1. The molecule has 3 N–H and O–H groups in total. The summed E-state index contributed by atoms with van der Waals surface area (Å²) in [7, 11) is 0. The molecule has 0 saturated heterocycles. The Kier molecular flexibility index (Phi) is 3.33. The SMILES string of the molecule is C[C@@H]1O[C@@H](CC(N)=O)CC2=C1C(=O)c1c(O)cccc1C2=O. The Morgan fingerprint density at radius 3 is 2.77 bits per heavy atom. The highest BCUT2D eigenvalue weighted by molar-refractivity contribution is 6.28. The van der Waals surface area contributed by atoms with E-state index < -0.39 is 23.9 Å². The van der Waals surface area contributed by atoms with Gasteiger partial charge in [0, 0.05) is 23.1 Å². The van der Waals surface area contributed by atoms with Gasteiger partial charge in [-0.2, -0.15) is 0 Å². The van der Waals surface area contributed by atoms with E-state index in [4.69, 9.17) is 10.5 Å². The number of fused-ring (bicyclic) bond motifs is 1. The molecular formula is C16H15NO5. The van der Waals surface area contributed by atoms with Crippen molar-refractivity contribution in [2.45, 2.75) is 32.0 Å². The van der Waals surface area contributed by atoms with Gasteiger partial charge in [-0.1, -0.05) is 12.1 Å². The molecule has 3 rings (SSSR count). The van der Waals surface area contributed by atoms with Crippen molar-refractivity contribution in [3.8, 4) is 5.75 Å². The predicted molar refractivity (Wildman–Crippen MR) is 76.6 cm³/mol. The van der Waals surface area contributed by atoms with Crippen LogP contribution in [0.3, 0.4) is 0 Å². The molecule has 22 heavy (non-hydrogen) atoms. The topological polar surface area (TPSA) is 107 Å². The normalized spacial score (nSPS) is 24.0. The quantitative estimate of drug-likeness (QED) is 0.851. The Labute approximate surface area is 126 Å². The van der Waals surface area contributed by atoms with Crippen LogP contribution in [0.4, 0.5) is 0 Å². The molecule has 1 aromatic rings.